The summed E-state index contributed by atoms with van der Waals surface area (Å²) in [7, 11) is -1.68. The second kappa shape index (κ2) is 5.63. The van der Waals surface area contributed by atoms with Gasteiger partial charge in [0.2, 0.25) is 0 Å². The molecule has 1 saturated carbocycles. The van der Waals surface area contributed by atoms with Crippen molar-refractivity contribution in [1.82, 2.24) is 13.9 Å². The summed E-state index contributed by atoms with van der Waals surface area (Å²) in [5, 5.41) is 0.141. The zero-order valence-electron chi connectivity index (χ0n) is 11.5. The van der Waals surface area contributed by atoms with Gasteiger partial charge in [-0.2, -0.15) is 4.31 Å². The van der Waals surface area contributed by atoms with Crippen molar-refractivity contribution in [3.8, 4) is 0 Å². The lowest BCUT2D eigenvalue weighted by atomic mass is 9.78. The topological polar surface area (TPSA) is 81.2 Å². The first-order valence-electron chi connectivity index (χ1n) is 6.72. The Hall–Kier alpha value is -0.630. The summed E-state index contributed by atoms with van der Waals surface area (Å²) in [5.41, 5.74) is 6.13. The Morgan fingerprint density at radius 2 is 2.10 bits per heavy atom. The van der Waals surface area contributed by atoms with E-state index in [1.807, 2.05) is 0 Å². The van der Waals surface area contributed by atoms with Crippen LogP contribution in [0, 0.1) is 11.8 Å². The smallest absolute Gasteiger partial charge is 0.262 e. The van der Waals surface area contributed by atoms with E-state index >= 15 is 0 Å². The molecule has 0 aromatic carbocycles. The summed E-state index contributed by atoms with van der Waals surface area (Å²) < 4.78 is 28.2. The zero-order chi connectivity index (χ0) is 13.6. The molecule has 2 heterocycles. The van der Waals surface area contributed by atoms with Gasteiger partial charge in [-0.15, -0.1) is 12.4 Å². The summed E-state index contributed by atoms with van der Waals surface area (Å²) in [4.78, 5) is 3.97. The third-order valence-electron chi connectivity index (χ3n) is 4.41. The summed E-state index contributed by atoms with van der Waals surface area (Å²) in [6, 6.07) is 0.141. The first-order chi connectivity index (χ1) is 8.98. The summed E-state index contributed by atoms with van der Waals surface area (Å²) in [6.45, 7) is 1.14. The zero-order valence-corrected chi connectivity index (χ0v) is 13.1. The number of aromatic nitrogens is 2. The van der Waals surface area contributed by atoms with Crippen LogP contribution in [0.3, 0.4) is 0 Å². The van der Waals surface area contributed by atoms with Crippen molar-refractivity contribution in [1.29, 1.82) is 0 Å². The highest BCUT2D eigenvalue weighted by molar-refractivity contribution is 7.89. The van der Waals surface area contributed by atoms with Crippen molar-refractivity contribution in [2.24, 2.45) is 24.6 Å². The van der Waals surface area contributed by atoms with E-state index in [-0.39, 0.29) is 23.5 Å². The van der Waals surface area contributed by atoms with E-state index in [9.17, 15) is 8.42 Å². The molecule has 1 aliphatic heterocycles. The van der Waals surface area contributed by atoms with Crippen molar-refractivity contribution in [3.05, 3.63) is 12.5 Å². The average Bonchev–Trinajstić information content (AvgIpc) is 2.96. The number of nitrogens with two attached hydrogens (primary N) is 1. The molecule has 8 heteroatoms. The standard InChI is InChI=1S/C12H20N4O2S.ClH/c1-15-7-12(14-8-15)19(17,18)16-5-9-3-2-4-11(13)10(9)6-16;/h7-11H,2-6,13H2,1H3;1H. The van der Waals surface area contributed by atoms with Gasteiger partial charge in [0.1, 0.15) is 0 Å². The normalized spacial score (nSPS) is 30.8. The van der Waals surface area contributed by atoms with Crippen LogP contribution in [0.5, 0.6) is 0 Å². The largest absolute Gasteiger partial charge is 0.339 e. The molecule has 20 heavy (non-hydrogen) atoms. The number of imidazole rings is 1. The molecule has 0 amide bonds. The Morgan fingerprint density at radius 3 is 2.70 bits per heavy atom. The van der Waals surface area contributed by atoms with E-state index in [0.717, 1.165) is 19.3 Å². The minimum atomic E-state index is -3.45. The lowest BCUT2D eigenvalue weighted by Gasteiger charge is -2.29. The molecule has 6 nitrogen and oxygen atoms in total. The average molecular weight is 321 g/mol. The van der Waals surface area contributed by atoms with Crippen molar-refractivity contribution in [2.75, 3.05) is 13.1 Å². The van der Waals surface area contributed by atoms with Gasteiger partial charge < -0.3 is 10.3 Å². The number of hydrogen-bond donors (Lipinski definition) is 1. The maximum absolute atomic E-state index is 12.5. The molecule has 1 aliphatic carbocycles. The van der Waals surface area contributed by atoms with Gasteiger partial charge in [0.25, 0.3) is 10.0 Å². The molecule has 3 unspecified atom stereocenters. The summed E-state index contributed by atoms with van der Waals surface area (Å²) in [5.74, 6) is 0.731. The van der Waals surface area contributed by atoms with Crippen LogP contribution in [0.4, 0.5) is 0 Å². The third-order valence-corrected chi connectivity index (χ3v) is 6.12. The van der Waals surface area contributed by atoms with Gasteiger partial charge in [-0.1, -0.05) is 6.42 Å². The Bertz CT molecular complexity index is 574. The van der Waals surface area contributed by atoms with Crippen LogP contribution in [0.2, 0.25) is 0 Å². The highest BCUT2D eigenvalue weighted by Gasteiger charge is 2.43. The SMILES string of the molecule is Cl.Cn1cnc(S(=O)(=O)N2CC3CCCC(N)C3C2)c1. The fourth-order valence-corrected chi connectivity index (χ4v) is 4.83. The lowest BCUT2D eigenvalue weighted by Crippen LogP contribution is -2.38. The van der Waals surface area contributed by atoms with Gasteiger partial charge in [-0.05, 0) is 24.7 Å². The van der Waals surface area contributed by atoms with Crippen LogP contribution in [0.25, 0.3) is 0 Å². The van der Waals surface area contributed by atoms with Crippen LogP contribution in [-0.4, -0.2) is 41.4 Å². The predicted molar refractivity (Wildman–Crippen MR) is 78.0 cm³/mol. The number of fused-ring (bicyclic) bond motifs is 1. The number of hydrogen-bond acceptors (Lipinski definition) is 4. The molecule has 0 bridgehead atoms. The Labute approximate surface area is 125 Å². The maximum Gasteiger partial charge on any atom is 0.262 e. The Morgan fingerprint density at radius 1 is 1.35 bits per heavy atom. The first-order valence-corrected chi connectivity index (χ1v) is 8.16. The van der Waals surface area contributed by atoms with Gasteiger partial charge in [-0.25, -0.2) is 13.4 Å². The second-order valence-electron chi connectivity index (χ2n) is 5.72. The third kappa shape index (κ3) is 2.59. The van der Waals surface area contributed by atoms with E-state index in [4.69, 9.17) is 5.73 Å². The van der Waals surface area contributed by atoms with E-state index in [2.05, 4.69) is 4.98 Å². The van der Waals surface area contributed by atoms with Gasteiger partial charge >= 0.3 is 0 Å². The molecule has 1 aromatic heterocycles. The Kier molecular flexibility index (Phi) is 4.44. The molecule has 114 valence electrons. The lowest BCUT2D eigenvalue weighted by molar-refractivity contribution is 0.260. The van der Waals surface area contributed by atoms with Crippen molar-refractivity contribution >= 4 is 22.4 Å². The summed E-state index contributed by atoms with van der Waals surface area (Å²) in [6.07, 6.45) is 6.28. The predicted octanol–water partition coefficient (Wildman–Crippen LogP) is 0.590. The second-order valence-corrected chi connectivity index (χ2v) is 7.60. The fourth-order valence-electron chi connectivity index (χ4n) is 3.33. The van der Waals surface area contributed by atoms with Crippen LogP contribution in [0.1, 0.15) is 19.3 Å². The monoisotopic (exact) mass is 320 g/mol. The van der Waals surface area contributed by atoms with Crippen LogP contribution < -0.4 is 5.73 Å². The number of nitrogens with zero attached hydrogens (tertiary/aromatic N) is 3. The van der Waals surface area contributed by atoms with E-state index < -0.39 is 10.0 Å². The fraction of sp³-hybridized carbons (Fsp3) is 0.750. The minimum Gasteiger partial charge on any atom is -0.339 e. The molecule has 3 rings (SSSR count). The van der Waals surface area contributed by atoms with E-state index in [0.29, 0.717) is 24.9 Å². The molecule has 0 spiro atoms. The molecular formula is C12H21ClN4O2S. The number of sulfonamides is 1. The highest BCUT2D eigenvalue weighted by Crippen LogP contribution is 2.37. The first kappa shape index (κ1) is 15.8. The van der Waals surface area contributed by atoms with Crippen LogP contribution in [0.15, 0.2) is 17.6 Å². The molecule has 2 N–H and O–H groups in total. The molecule has 1 aromatic rings. The van der Waals surface area contributed by atoms with Crippen LogP contribution >= 0.6 is 12.4 Å². The van der Waals surface area contributed by atoms with Crippen molar-refractivity contribution in [2.45, 2.75) is 30.3 Å². The van der Waals surface area contributed by atoms with Crippen molar-refractivity contribution in [3.63, 3.8) is 0 Å². The molecule has 2 fully saturated rings. The maximum atomic E-state index is 12.5. The van der Waals surface area contributed by atoms with Crippen molar-refractivity contribution < 1.29 is 8.42 Å². The molecule has 0 radical (unpaired) electrons. The molecule has 2 aliphatic rings. The number of aryl methyl sites for hydroxylation is 1. The number of halogens is 1. The Balaban J connectivity index is 0.00000147. The van der Waals surface area contributed by atoms with E-state index in [1.165, 1.54) is 6.33 Å². The van der Waals surface area contributed by atoms with Gasteiger partial charge in [0.15, 0.2) is 5.03 Å². The highest BCUT2D eigenvalue weighted by atomic mass is 35.5. The van der Waals surface area contributed by atoms with Crippen LogP contribution in [-0.2, 0) is 17.1 Å². The number of rotatable bonds is 2. The van der Waals surface area contributed by atoms with E-state index in [1.54, 1.807) is 22.1 Å². The molecule has 1 saturated heterocycles. The van der Waals surface area contributed by atoms with Gasteiger partial charge in [0.05, 0.1) is 6.33 Å². The van der Waals surface area contributed by atoms with Gasteiger partial charge in [-0.3, -0.25) is 0 Å². The minimum absolute atomic E-state index is 0. The summed E-state index contributed by atoms with van der Waals surface area (Å²) >= 11 is 0. The molecular weight excluding hydrogens is 300 g/mol. The molecule has 3 atom stereocenters. The van der Waals surface area contributed by atoms with Gasteiger partial charge in [0, 0.05) is 32.4 Å². The quantitative estimate of drug-likeness (QED) is 0.864.